The molecule has 1 aliphatic rings. The van der Waals surface area contributed by atoms with Gasteiger partial charge in [-0.05, 0) is 31.5 Å². The van der Waals surface area contributed by atoms with Crippen molar-refractivity contribution in [1.82, 2.24) is 19.9 Å². The first-order valence-electron chi connectivity index (χ1n) is 6.67. The predicted molar refractivity (Wildman–Crippen MR) is 72.4 cm³/mol. The molecule has 0 radical (unpaired) electrons. The number of para-hydroxylation sites is 1. The van der Waals surface area contributed by atoms with Crippen LogP contribution in [-0.2, 0) is 11.3 Å². The maximum absolute atomic E-state index is 11.1. The summed E-state index contributed by atoms with van der Waals surface area (Å²) >= 11 is 0. The first-order valence-corrected chi connectivity index (χ1v) is 6.67. The van der Waals surface area contributed by atoms with Crippen LogP contribution in [0.3, 0.4) is 0 Å². The molecule has 0 aliphatic carbocycles. The van der Waals surface area contributed by atoms with Gasteiger partial charge >= 0.3 is 5.97 Å². The quantitative estimate of drug-likeness (QED) is 0.908. The average Bonchev–Trinajstić information content (AvgIpc) is 3.09. The van der Waals surface area contributed by atoms with Crippen molar-refractivity contribution in [2.24, 2.45) is 0 Å². The van der Waals surface area contributed by atoms with Gasteiger partial charge in [0.25, 0.3) is 0 Å². The number of aliphatic carboxylic acids is 1. The SMILES string of the molecule is O=C(O)[C@@H]1CCCN1Cc1cnn(-c2ccccc2)n1. The standard InChI is InChI=1S/C14H16N4O2/c19-14(20)13-7-4-8-17(13)10-11-9-15-18(16-11)12-5-2-1-3-6-12/h1-3,5-6,9,13H,4,7-8,10H2,(H,19,20)/t13-/m0/s1. The van der Waals surface area contributed by atoms with Gasteiger partial charge in [0, 0.05) is 6.54 Å². The molecule has 1 saturated heterocycles. The zero-order chi connectivity index (χ0) is 13.9. The largest absolute Gasteiger partial charge is 0.480 e. The summed E-state index contributed by atoms with van der Waals surface area (Å²) in [6, 6.07) is 9.27. The fourth-order valence-corrected chi connectivity index (χ4v) is 2.56. The Morgan fingerprint density at radius 2 is 2.15 bits per heavy atom. The topological polar surface area (TPSA) is 71.2 Å². The van der Waals surface area contributed by atoms with Crippen LogP contribution < -0.4 is 0 Å². The number of carbonyl (C=O) groups is 1. The van der Waals surface area contributed by atoms with Crippen LogP contribution in [0, 0.1) is 0 Å². The Hall–Kier alpha value is -2.21. The number of aromatic nitrogens is 3. The molecule has 1 aromatic heterocycles. The van der Waals surface area contributed by atoms with Crippen LogP contribution >= 0.6 is 0 Å². The van der Waals surface area contributed by atoms with Crippen LogP contribution in [-0.4, -0.2) is 43.6 Å². The predicted octanol–water partition coefficient (Wildman–Crippen LogP) is 1.32. The van der Waals surface area contributed by atoms with Gasteiger partial charge in [0.2, 0.25) is 0 Å². The summed E-state index contributed by atoms with van der Waals surface area (Å²) in [5.41, 5.74) is 1.69. The molecule has 2 aromatic rings. The Morgan fingerprint density at radius 3 is 2.90 bits per heavy atom. The second-order valence-corrected chi connectivity index (χ2v) is 4.93. The first-order chi connectivity index (χ1) is 9.74. The second-order valence-electron chi connectivity index (χ2n) is 4.93. The van der Waals surface area contributed by atoms with Gasteiger partial charge in [-0.1, -0.05) is 18.2 Å². The van der Waals surface area contributed by atoms with E-state index in [0.717, 1.165) is 24.3 Å². The van der Waals surface area contributed by atoms with Gasteiger partial charge in [-0.25, -0.2) is 0 Å². The van der Waals surface area contributed by atoms with Crippen LogP contribution in [0.15, 0.2) is 36.5 Å². The molecule has 1 N–H and O–H groups in total. The molecule has 0 bridgehead atoms. The molecule has 2 heterocycles. The van der Waals surface area contributed by atoms with E-state index in [1.165, 1.54) is 0 Å². The van der Waals surface area contributed by atoms with Crippen molar-refractivity contribution in [2.75, 3.05) is 6.54 Å². The van der Waals surface area contributed by atoms with E-state index in [-0.39, 0.29) is 0 Å². The van der Waals surface area contributed by atoms with E-state index in [1.54, 1.807) is 11.0 Å². The normalized spacial score (nSPS) is 19.3. The average molecular weight is 272 g/mol. The third-order valence-electron chi connectivity index (χ3n) is 3.54. The van der Waals surface area contributed by atoms with Crippen LogP contribution in [0.2, 0.25) is 0 Å². The lowest BCUT2D eigenvalue weighted by Gasteiger charge is -2.19. The molecular formula is C14H16N4O2. The van der Waals surface area contributed by atoms with E-state index < -0.39 is 12.0 Å². The number of rotatable bonds is 4. The van der Waals surface area contributed by atoms with Crippen molar-refractivity contribution >= 4 is 5.97 Å². The fraction of sp³-hybridized carbons (Fsp3) is 0.357. The summed E-state index contributed by atoms with van der Waals surface area (Å²) in [5.74, 6) is -0.752. The lowest BCUT2D eigenvalue weighted by molar-refractivity contribution is -0.142. The minimum atomic E-state index is -0.752. The summed E-state index contributed by atoms with van der Waals surface area (Å²) in [6.45, 7) is 1.33. The van der Waals surface area contributed by atoms with Crippen molar-refractivity contribution in [3.63, 3.8) is 0 Å². The highest BCUT2D eigenvalue weighted by Crippen LogP contribution is 2.19. The number of carboxylic acid groups (broad SMARTS) is 1. The van der Waals surface area contributed by atoms with Gasteiger partial charge in [-0.2, -0.15) is 15.0 Å². The summed E-state index contributed by atoms with van der Waals surface area (Å²) in [4.78, 5) is 14.7. The number of likely N-dealkylation sites (tertiary alicyclic amines) is 1. The van der Waals surface area contributed by atoms with Crippen molar-refractivity contribution in [2.45, 2.75) is 25.4 Å². The molecule has 0 saturated carbocycles. The number of hydrogen-bond donors (Lipinski definition) is 1. The monoisotopic (exact) mass is 272 g/mol. The molecule has 20 heavy (non-hydrogen) atoms. The molecule has 1 fully saturated rings. The minimum Gasteiger partial charge on any atom is -0.480 e. The molecule has 6 heteroatoms. The van der Waals surface area contributed by atoms with E-state index in [0.29, 0.717) is 13.0 Å². The molecule has 104 valence electrons. The Bertz CT molecular complexity index is 596. The Balaban J connectivity index is 1.73. The molecule has 6 nitrogen and oxygen atoms in total. The third-order valence-corrected chi connectivity index (χ3v) is 3.54. The van der Waals surface area contributed by atoms with Crippen molar-refractivity contribution in [3.8, 4) is 5.69 Å². The molecule has 1 aliphatic heterocycles. The minimum absolute atomic E-state index is 0.392. The zero-order valence-corrected chi connectivity index (χ0v) is 11.0. The molecule has 3 rings (SSSR count). The number of hydrogen-bond acceptors (Lipinski definition) is 4. The Labute approximate surface area is 116 Å². The third kappa shape index (κ3) is 2.55. The van der Waals surface area contributed by atoms with Crippen LogP contribution in [0.5, 0.6) is 0 Å². The fourth-order valence-electron chi connectivity index (χ4n) is 2.56. The van der Waals surface area contributed by atoms with Gasteiger partial charge in [0.1, 0.15) is 6.04 Å². The number of benzene rings is 1. The van der Waals surface area contributed by atoms with Crippen molar-refractivity contribution in [1.29, 1.82) is 0 Å². The second kappa shape index (κ2) is 5.42. The highest BCUT2D eigenvalue weighted by molar-refractivity contribution is 5.73. The van der Waals surface area contributed by atoms with Crippen molar-refractivity contribution in [3.05, 3.63) is 42.2 Å². The van der Waals surface area contributed by atoms with E-state index in [9.17, 15) is 4.79 Å². The van der Waals surface area contributed by atoms with Gasteiger partial charge in [0.05, 0.1) is 17.6 Å². The lowest BCUT2D eigenvalue weighted by atomic mass is 10.2. The summed E-state index contributed by atoms with van der Waals surface area (Å²) in [5, 5.41) is 17.8. The van der Waals surface area contributed by atoms with Crippen molar-refractivity contribution < 1.29 is 9.90 Å². The van der Waals surface area contributed by atoms with Crippen LogP contribution in [0.4, 0.5) is 0 Å². The van der Waals surface area contributed by atoms with Gasteiger partial charge < -0.3 is 5.11 Å². The summed E-state index contributed by atoms with van der Waals surface area (Å²) < 4.78 is 0. The van der Waals surface area contributed by atoms with Crippen LogP contribution in [0.25, 0.3) is 5.69 Å². The molecule has 1 aromatic carbocycles. The zero-order valence-electron chi connectivity index (χ0n) is 11.0. The smallest absolute Gasteiger partial charge is 0.320 e. The summed E-state index contributed by atoms with van der Waals surface area (Å²) in [6.07, 6.45) is 3.33. The molecule has 1 atom stereocenters. The highest BCUT2D eigenvalue weighted by atomic mass is 16.4. The molecule has 0 unspecified atom stereocenters. The number of nitrogens with zero attached hydrogens (tertiary/aromatic N) is 4. The summed E-state index contributed by atoms with van der Waals surface area (Å²) in [7, 11) is 0. The van der Waals surface area contributed by atoms with Gasteiger partial charge in [-0.15, -0.1) is 0 Å². The first kappa shape index (κ1) is 12.8. The van der Waals surface area contributed by atoms with Crippen LogP contribution in [0.1, 0.15) is 18.5 Å². The molecule has 0 spiro atoms. The Morgan fingerprint density at radius 1 is 1.35 bits per heavy atom. The molecular weight excluding hydrogens is 256 g/mol. The van der Waals surface area contributed by atoms with E-state index >= 15 is 0 Å². The maximum atomic E-state index is 11.1. The maximum Gasteiger partial charge on any atom is 0.320 e. The molecule has 0 amide bonds. The van der Waals surface area contributed by atoms with E-state index in [1.807, 2.05) is 35.2 Å². The van der Waals surface area contributed by atoms with Gasteiger partial charge in [0.15, 0.2) is 0 Å². The van der Waals surface area contributed by atoms with E-state index in [2.05, 4.69) is 10.2 Å². The Kier molecular flexibility index (Phi) is 3.47. The number of carboxylic acids is 1. The lowest BCUT2D eigenvalue weighted by Crippen LogP contribution is -2.35. The van der Waals surface area contributed by atoms with E-state index in [4.69, 9.17) is 5.11 Å². The highest BCUT2D eigenvalue weighted by Gasteiger charge is 2.30. The van der Waals surface area contributed by atoms with Gasteiger partial charge in [-0.3, -0.25) is 9.69 Å².